The average molecular weight is 423 g/mol. The number of carbonyl (C=O) groups excluding carboxylic acids is 1. The molecule has 166 valence electrons. The van der Waals surface area contributed by atoms with E-state index in [1.54, 1.807) is 12.1 Å². The second-order valence-corrected chi connectivity index (χ2v) is 9.57. The number of hydrogen-bond acceptors (Lipinski definition) is 4. The first kappa shape index (κ1) is 22.0. The lowest BCUT2D eigenvalue weighted by Crippen LogP contribution is -2.58. The molecular formula is C26H34N2O3. The van der Waals surface area contributed by atoms with Crippen LogP contribution in [-0.2, 0) is 21.6 Å². The van der Waals surface area contributed by atoms with Crippen LogP contribution in [0.5, 0.6) is 0 Å². The summed E-state index contributed by atoms with van der Waals surface area (Å²) >= 11 is 0. The van der Waals surface area contributed by atoms with Gasteiger partial charge in [0.1, 0.15) is 6.54 Å². The molecule has 0 amide bonds. The largest absolute Gasteiger partial charge is 0.837 e. The van der Waals surface area contributed by atoms with Gasteiger partial charge in [-0.25, -0.2) is 0 Å². The Morgan fingerprint density at radius 2 is 1.84 bits per heavy atom. The zero-order valence-corrected chi connectivity index (χ0v) is 18.5. The fourth-order valence-electron chi connectivity index (χ4n) is 5.38. The van der Waals surface area contributed by atoms with Crippen LogP contribution in [0, 0.1) is 5.92 Å². The zero-order valence-electron chi connectivity index (χ0n) is 18.5. The predicted molar refractivity (Wildman–Crippen MR) is 118 cm³/mol. The molecule has 2 heterocycles. The number of ether oxygens (including phenoxy) is 1. The van der Waals surface area contributed by atoms with E-state index in [2.05, 4.69) is 18.1 Å². The van der Waals surface area contributed by atoms with Gasteiger partial charge in [0.15, 0.2) is 6.10 Å². The van der Waals surface area contributed by atoms with Crippen LogP contribution in [0.3, 0.4) is 0 Å². The number of likely N-dealkylation sites (tertiary alicyclic amines) is 1. The third kappa shape index (κ3) is 4.99. The van der Waals surface area contributed by atoms with Crippen molar-refractivity contribution >= 4 is 5.97 Å². The summed E-state index contributed by atoms with van der Waals surface area (Å²) in [7, 11) is 2.22. The van der Waals surface area contributed by atoms with Crippen molar-refractivity contribution in [3.8, 4) is 0 Å². The fraction of sp³-hybridized carbons (Fsp3) is 0.538. The van der Waals surface area contributed by atoms with E-state index in [1.165, 1.54) is 0 Å². The molecule has 4 rings (SSSR count). The van der Waals surface area contributed by atoms with Crippen molar-refractivity contribution in [2.24, 2.45) is 5.92 Å². The van der Waals surface area contributed by atoms with Gasteiger partial charge in [0.2, 0.25) is 0 Å². The molecule has 31 heavy (non-hydrogen) atoms. The van der Waals surface area contributed by atoms with Crippen molar-refractivity contribution < 1.29 is 19.1 Å². The van der Waals surface area contributed by atoms with Crippen molar-refractivity contribution in [3.63, 3.8) is 0 Å². The quantitative estimate of drug-likeness (QED) is 0.508. The molecule has 1 aliphatic heterocycles. The monoisotopic (exact) mass is 422 g/mol. The first-order valence-corrected chi connectivity index (χ1v) is 11.7. The summed E-state index contributed by atoms with van der Waals surface area (Å²) in [5, 5.41) is 14.1. The van der Waals surface area contributed by atoms with Gasteiger partial charge < -0.3 is 14.3 Å². The number of quaternary nitrogens is 1. The predicted octanol–water partition coefficient (Wildman–Crippen LogP) is 3.22. The van der Waals surface area contributed by atoms with Gasteiger partial charge in [0.05, 0.1) is 20.1 Å². The third-order valence-corrected chi connectivity index (χ3v) is 7.21. The first-order chi connectivity index (χ1) is 15.0. The Kier molecular flexibility index (Phi) is 6.73. The van der Waals surface area contributed by atoms with E-state index in [0.717, 1.165) is 74.8 Å². The average Bonchev–Trinajstić information content (AvgIpc) is 3.34. The summed E-state index contributed by atoms with van der Waals surface area (Å²) in [5.74, 6) is -0.759. The van der Waals surface area contributed by atoms with Crippen LogP contribution in [0.2, 0.25) is 0 Å². The van der Waals surface area contributed by atoms with E-state index in [4.69, 9.17) is 4.74 Å². The zero-order chi connectivity index (χ0) is 21.7. The van der Waals surface area contributed by atoms with Gasteiger partial charge in [0.25, 0.3) is 0 Å². The smallest absolute Gasteiger partial charge is 0.300 e. The van der Waals surface area contributed by atoms with Crippen LogP contribution < -0.4 is 5.11 Å². The number of piperidine rings is 1. The van der Waals surface area contributed by atoms with Crippen LogP contribution in [-0.4, -0.2) is 48.2 Å². The number of nitrogens with zero attached hydrogens (tertiary/aromatic N) is 2. The Balaban J connectivity index is 1.44. The number of rotatable bonds is 7. The highest BCUT2D eigenvalue weighted by atomic mass is 16.6. The van der Waals surface area contributed by atoms with Crippen molar-refractivity contribution in [1.82, 2.24) is 4.98 Å². The van der Waals surface area contributed by atoms with E-state index >= 15 is 0 Å². The molecule has 1 aromatic heterocycles. The Hall–Kier alpha value is -2.24. The summed E-state index contributed by atoms with van der Waals surface area (Å²) in [4.78, 5) is 17.8. The lowest BCUT2D eigenvalue weighted by Gasteiger charge is -2.46. The maximum atomic E-state index is 14.1. The molecule has 3 atom stereocenters. The van der Waals surface area contributed by atoms with E-state index in [9.17, 15) is 9.90 Å². The molecule has 1 saturated heterocycles. The van der Waals surface area contributed by atoms with Gasteiger partial charge in [-0.2, -0.15) is 0 Å². The summed E-state index contributed by atoms with van der Waals surface area (Å²) in [6.07, 6.45) is 7.99. The van der Waals surface area contributed by atoms with Crippen LogP contribution in [0.4, 0.5) is 0 Å². The van der Waals surface area contributed by atoms with Gasteiger partial charge in [-0.1, -0.05) is 62.1 Å². The first-order valence-electron chi connectivity index (χ1n) is 11.7. The highest BCUT2D eigenvalue weighted by Gasteiger charge is 2.42. The van der Waals surface area contributed by atoms with Crippen molar-refractivity contribution in [2.45, 2.75) is 56.7 Å². The van der Waals surface area contributed by atoms with Crippen LogP contribution in [0.15, 0.2) is 54.7 Å². The van der Waals surface area contributed by atoms with E-state index in [-0.39, 0.29) is 12.0 Å². The summed E-state index contributed by atoms with van der Waals surface area (Å²) < 4.78 is 6.83. The summed E-state index contributed by atoms with van der Waals surface area (Å²) in [6.45, 7) is 2.77. The standard InChI is InChI=1S/C26H34N2O3/c1-28(19-16-23-14-7-8-17-27-23)18-9-15-24(20-28)31-25(29)26(30,22-12-5-6-13-22)21-10-3-2-4-11-21/h2-4,7-8,10-11,14,17,22,24H,5-6,9,12-13,15-16,18-20H2,1H3/t24?,26?,28-/m1/s1. The van der Waals surface area contributed by atoms with Crippen molar-refractivity contribution in [2.75, 3.05) is 26.7 Å². The molecule has 1 aromatic carbocycles. The highest BCUT2D eigenvalue weighted by Crippen LogP contribution is 2.40. The Morgan fingerprint density at radius 3 is 2.55 bits per heavy atom. The van der Waals surface area contributed by atoms with Crippen molar-refractivity contribution in [3.05, 3.63) is 66.0 Å². The second-order valence-electron chi connectivity index (χ2n) is 9.57. The molecule has 2 unspecified atom stereocenters. The minimum absolute atomic E-state index is 0.184. The van der Waals surface area contributed by atoms with Crippen LogP contribution >= 0.6 is 0 Å². The molecule has 2 aliphatic rings. The number of likely N-dealkylation sites (N-methyl/N-ethyl adjacent to an activating group) is 1. The van der Waals surface area contributed by atoms with Crippen molar-refractivity contribution in [1.29, 1.82) is 0 Å². The maximum Gasteiger partial charge on any atom is 0.300 e. The lowest BCUT2D eigenvalue weighted by molar-refractivity contribution is -0.916. The Morgan fingerprint density at radius 1 is 1.10 bits per heavy atom. The molecule has 0 spiro atoms. The van der Waals surface area contributed by atoms with E-state index < -0.39 is 11.6 Å². The number of hydrogen-bond donors (Lipinski definition) is 0. The third-order valence-electron chi connectivity index (χ3n) is 7.21. The van der Waals surface area contributed by atoms with Gasteiger partial charge >= 0.3 is 5.97 Å². The molecule has 0 bridgehead atoms. The van der Waals surface area contributed by atoms with Gasteiger partial charge in [-0.05, 0) is 30.0 Å². The summed E-state index contributed by atoms with van der Waals surface area (Å²) in [5.41, 5.74) is -0.160. The van der Waals surface area contributed by atoms with Gasteiger partial charge in [-0.3, -0.25) is 9.78 Å². The lowest BCUT2D eigenvalue weighted by atomic mass is 9.80. The number of esters is 1. The molecule has 2 fully saturated rings. The molecular weight excluding hydrogens is 388 g/mol. The SMILES string of the molecule is C[N@+]1(CCc2ccccn2)CCCC(OC(=O)C([O-])(c2ccccc2)C2CCCC2)C1. The minimum Gasteiger partial charge on any atom is -0.837 e. The molecule has 1 saturated carbocycles. The van der Waals surface area contributed by atoms with E-state index in [1.807, 2.05) is 36.5 Å². The second kappa shape index (κ2) is 9.49. The molecule has 1 aliphatic carbocycles. The number of pyridine rings is 1. The molecule has 0 radical (unpaired) electrons. The fourth-order valence-corrected chi connectivity index (χ4v) is 5.38. The molecule has 2 aromatic rings. The topological polar surface area (TPSA) is 62.2 Å². The van der Waals surface area contributed by atoms with Crippen LogP contribution in [0.25, 0.3) is 0 Å². The molecule has 0 N–H and O–H groups in total. The van der Waals surface area contributed by atoms with E-state index in [0.29, 0.717) is 5.56 Å². The minimum atomic E-state index is -1.80. The van der Waals surface area contributed by atoms with Gasteiger partial charge in [0, 0.05) is 30.3 Å². The number of carbonyl (C=O) groups is 1. The Bertz CT molecular complexity index is 853. The molecule has 5 nitrogen and oxygen atoms in total. The highest BCUT2D eigenvalue weighted by molar-refractivity contribution is 5.81. The van der Waals surface area contributed by atoms with Crippen LogP contribution in [0.1, 0.15) is 49.8 Å². The van der Waals surface area contributed by atoms with Gasteiger partial charge in [-0.15, -0.1) is 0 Å². The normalized spacial score (nSPS) is 26.3. The number of aromatic nitrogens is 1. The summed E-state index contributed by atoms with van der Waals surface area (Å²) in [6, 6.07) is 15.2. The number of benzene rings is 1. The Labute approximate surface area is 185 Å². The molecule has 5 heteroatoms. The maximum absolute atomic E-state index is 14.1.